The van der Waals surface area contributed by atoms with Crippen LogP contribution in [0.25, 0.3) is 84.5 Å². The lowest BCUT2D eigenvalue weighted by molar-refractivity contribution is 0.669. The summed E-state index contributed by atoms with van der Waals surface area (Å²) in [5, 5.41) is 0. The first-order valence-corrected chi connectivity index (χ1v) is 30.1. The third-order valence-corrected chi connectivity index (χ3v) is 15.9. The van der Waals surface area contributed by atoms with Crippen molar-refractivity contribution in [1.82, 2.24) is 48.6 Å². The summed E-state index contributed by atoms with van der Waals surface area (Å²) in [4.78, 5) is 33.0. The highest BCUT2D eigenvalue weighted by Gasteiger charge is 2.20. The van der Waals surface area contributed by atoms with Gasteiger partial charge in [0.05, 0.1) is 22.1 Å². The van der Waals surface area contributed by atoms with Crippen molar-refractivity contribution in [3.8, 4) is 51.2 Å². The molecule has 4 unspecified atom stereocenters. The van der Waals surface area contributed by atoms with Crippen LogP contribution >= 0.6 is 0 Å². The smallest absolute Gasteiger partial charge is 0.164 e. The fraction of sp³-hybridized carbons (Fsp3) is 0.213. The summed E-state index contributed by atoms with van der Waals surface area (Å²) in [6, 6.07) is 80.9. The lowest BCUT2D eigenvalue weighted by Crippen LogP contribution is -2.05. The molecule has 13 aromatic rings. The second-order valence-electron chi connectivity index (χ2n) is 21.6. The Bertz CT molecular complexity index is 3990. The molecule has 5 aromatic heterocycles. The molecule has 10 nitrogen and oxygen atoms in total. The van der Waals surface area contributed by atoms with Crippen LogP contribution in [-0.2, 0) is 0 Å². The number of hydrogen-bond donors (Lipinski definition) is 0. The van der Waals surface area contributed by atoms with E-state index in [4.69, 9.17) is 15.0 Å². The minimum absolute atomic E-state index is 0.313. The molecular formula is C75H76N10. The van der Waals surface area contributed by atoms with Crippen molar-refractivity contribution in [3.05, 3.63) is 266 Å². The van der Waals surface area contributed by atoms with E-state index < -0.39 is 0 Å². The molecule has 0 aliphatic carbocycles. The van der Waals surface area contributed by atoms with Crippen LogP contribution in [0.3, 0.4) is 0 Å². The maximum absolute atomic E-state index is 4.92. The summed E-state index contributed by atoms with van der Waals surface area (Å²) < 4.78 is 6.70. The van der Waals surface area contributed by atoms with Gasteiger partial charge >= 0.3 is 0 Å². The van der Waals surface area contributed by atoms with Crippen LogP contribution in [0.4, 0.5) is 0 Å². The highest BCUT2D eigenvalue weighted by molar-refractivity contribution is 5.83. The topological polar surface area (TPSA) is 105 Å². The zero-order chi connectivity index (χ0) is 59.1. The van der Waals surface area contributed by atoms with Crippen molar-refractivity contribution in [2.24, 2.45) is 0 Å². The maximum Gasteiger partial charge on any atom is 0.164 e. The van der Waals surface area contributed by atoms with E-state index in [-0.39, 0.29) is 0 Å². The first kappa shape index (κ1) is 58.5. The Morgan fingerprint density at radius 2 is 0.718 bits per heavy atom. The number of rotatable bonds is 14. The second kappa shape index (κ2) is 28.1. The van der Waals surface area contributed by atoms with Crippen molar-refractivity contribution in [1.29, 1.82) is 0 Å². The molecule has 5 heterocycles. The normalized spacial score (nSPS) is 12.5. The van der Waals surface area contributed by atoms with E-state index in [1.54, 1.807) is 0 Å². The van der Waals surface area contributed by atoms with Gasteiger partial charge in [-0.25, -0.2) is 34.9 Å². The van der Waals surface area contributed by atoms with Crippen molar-refractivity contribution < 1.29 is 0 Å². The van der Waals surface area contributed by atoms with E-state index in [9.17, 15) is 0 Å². The average molecular weight is 1120 g/mol. The van der Waals surface area contributed by atoms with Gasteiger partial charge in [0.1, 0.15) is 28.8 Å². The van der Waals surface area contributed by atoms with Crippen LogP contribution in [0, 0.1) is 0 Å². The summed E-state index contributed by atoms with van der Waals surface area (Å²) in [7, 11) is 0. The Labute approximate surface area is 501 Å². The molecule has 13 rings (SSSR count). The lowest BCUT2D eigenvalue weighted by Gasteiger charge is -2.13. The minimum atomic E-state index is 0.313. The third kappa shape index (κ3) is 13.6. The molecule has 426 valence electrons. The molecule has 0 saturated heterocycles. The number of para-hydroxylation sites is 7. The van der Waals surface area contributed by atoms with Crippen LogP contribution in [0.5, 0.6) is 0 Å². The van der Waals surface area contributed by atoms with Crippen molar-refractivity contribution >= 4 is 33.2 Å². The van der Waals surface area contributed by atoms with Gasteiger partial charge in [-0.15, -0.1) is 0 Å². The van der Waals surface area contributed by atoms with Crippen LogP contribution < -0.4 is 0 Å². The Kier molecular flexibility index (Phi) is 19.3. The van der Waals surface area contributed by atoms with Gasteiger partial charge < -0.3 is 0 Å². The zero-order valence-electron chi connectivity index (χ0n) is 50.2. The van der Waals surface area contributed by atoms with Crippen molar-refractivity contribution in [3.63, 3.8) is 0 Å². The van der Waals surface area contributed by atoms with Crippen LogP contribution in [0.15, 0.2) is 243 Å². The van der Waals surface area contributed by atoms with Crippen LogP contribution in [0.1, 0.15) is 128 Å². The molecule has 0 bridgehead atoms. The van der Waals surface area contributed by atoms with Gasteiger partial charge in [-0.05, 0) is 110 Å². The summed E-state index contributed by atoms with van der Waals surface area (Å²) >= 11 is 0. The fourth-order valence-electron chi connectivity index (χ4n) is 10.2. The van der Waals surface area contributed by atoms with Gasteiger partial charge in [-0.3, -0.25) is 13.7 Å². The van der Waals surface area contributed by atoms with E-state index in [0.29, 0.717) is 23.7 Å². The summed E-state index contributed by atoms with van der Waals surface area (Å²) in [6.07, 6.45) is 6.14. The monoisotopic (exact) mass is 1120 g/mol. The molecule has 0 aliphatic rings. The van der Waals surface area contributed by atoms with Crippen LogP contribution in [-0.4, -0.2) is 48.6 Å². The molecule has 0 saturated carbocycles. The van der Waals surface area contributed by atoms with Crippen molar-refractivity contribution in [2.45, 2.75) is 105 Å². The number of pyridine rings is 1. The van der Waals surface area contributed by atoms with E-state index in [0.717, 1.165) is 116 Å². The Hall–Kier alpha value is -9.67. The fourth-order valence-corrected chi connectivity index (χ4v) is 10.2. The van der Waals surface area contributed by atoms with Gasteiger partial charge in [0.25, 0.3) is 0 Å². The first-order chi connectivity index (χ1) is 41.7. The molecule has 8 aromatic carbocycles. The average Bonchev–Trinajstić information content (AvgIpc) is 4.00. The van der Waals surface area contributed by atoms with E-state index >= 15 is 0 Å². The molecule has 0 radical (unpaired) electrons. The molecule has 0 amide bonds. The minimum Gasteiger partial charge on any atom is -0.296 e. The number of aromatic nitrogens is 10. The molecule has 0 spiro atoms. The molecule has 85 heavy (non-hydrogen) atoms. The lowest BCUT2D eigenvalue weighted by atomic mass is 9.97. The zero-order valence-corrected chi connectivity index (χ0v) is 50.2. The van der Waals surface area contributed by atoms with Gasteiger partial charge in [0.15, 0.2) is 17.3 Å². The Morgan fingerprint density at radius 1 is 0.318 bits per heavy atom. The summed E-state index contributed by atoms with van der Waals surface area (Å²) in [6.45, 7) is 17.6. The predicted octanol–water partition coefficient (Wildman–Crippen LogP) is 19.4. The molecular weight excluding hydrogens is 1040 g/mol. The molecule has 0 fully saturated rings. The summed E-state index contributed by atoms with van der Waals surface area (Å²) in [5.41, 5.74) is 14.3. The quantitative estimate of drug-likeness (QED) is 0.107. The highest BCUT2D eigenvalue weighted by Crippen LogP contribution is 2.32. The molecule has 0 aliphatic heterocycles. The van der Waals surface area contributed by atoms with Gasteiger partial charge in [0, 0.05) is 57.7 Å². The molecule has 0 N–H and O–H groups in total. The first-order valence-electron chi connectivity index (χ1n) is 30.1. The number of fused-ring (bicyclic) bond motifs is 3. The highest BCUT2D eigenvalue weighted by atomic mass is 15.1. The standard InChI is InChI=1S/C23H22N2.C19H19N3.C17H18N2.C16H17N3/c1-3-17(2)18-13-15-19(16-14-18)23-24-21-11-7-8-12-22(21)25(23)20-9-5-4-6-10-20;1-3-14(2)17-20-18(15-10-6-4-7-11-15)22-19(21-17)16-12-8-5-9-13-16;1-3-13(2)17-18-15-11-7-8-12-16(15)19(17)14-9-5-4-6-10-14;1-3-12(2)15-18-14-10-7-11-17-16(14)19(15)13-8-5-4-6-9-13/h4-17H,3H2,1-2H3;4-14H,3H2,1-2H3;4-13H,3H2,1-2H3;4-12H,3H2,1-2H3. The largest absolute Gasteiger partial charge is 0.296 e. The van der Waals surface area contributed by atoms with Gasteiger partial charge in [-0.1, -0.05) is 219 Å². The SMILES string of the molecule is CCC(C)c1ccc(-c2nc3ccccc3n2-c2ccccc2)cc1.CCC(C)c1nc(-c2ccccc2)nc(-c2ccccc2)n1.CCC(C)c1nc2ccccc2n1-c1ccccc1.CCC(C)c1nc2cccnc2n1-c1ccccc1. The summed E-state index contributed by atoms with van der Waals surface area (Å²) in [5.74, 6) is 7.32. The van der Waals surface area contributed by atoms with E-state index in [1.165, 1.54) is 16.8 Å². The number of imidazole rings is 3. The second-order valence-corrected chi connectivity index (χ2v) is 21.6. The van der Waals surface area contributed by atoms with E-state index in [1.807, 2.05) is 121 Å². The third-order valence-electron chi connectivity index (χ3n) is 15.9. The Morgan fingerprint density at radius 3 is 1.22 bits per heavy atom. The number of hydrogen-bond acceptors (Lipinski definition) is 7. The maximum atomic E-state index is 4.92. The van der Waals surface area contributed by atoms with Gasteiger partial charge in [0.2, 0.25) is 0 Å². The van der Waals surface area contributed by atoms with Gasteiger partial charge in [-0.2, -0.15) is 0 Å². The Balaban J connectivity index is 0.000000127. The number of nitrogens with zero attached hydrogens (tertiary/aromatic N) is 10. The molecule has 10 heteroatoms. The van der Waals surface area contributed by atoms with E-state index in [2.05, 4.69) is 210 Å². The number of benzene rings is 8. The predicted molar refractivity (Wildman–Crippen MR) is 352 cm³/mol. The van der Waals surface area contributed by atoms with Crippen LogP contribution in [0.2, 0.25) is 0 Å². The molecule has 4 atom stereocenters. The van der Waals surface area contributed by atoms with Crippen molar-refractivity contribution in [2.75, 3.05) is 0 Å².